The van der Waals surface area contributed by atoms with Crippen LogP contribution in [0.3, 0.4) is 0 Å². The highest BCUT2D eigenvalue weighted by Gasteiger charge is 2.16. The Balaban J connectivity index is 2.26. The minimum Gasteiger partial charge on any atom is -0.490 e. The highest BCUT2D eigenvalue weighted by Crippen LogP contribution is 2.30. The van der Waals surface area contributed by atoms with Crippen LogP contribution in [0.1, 0.15) is 6.92 Å². The molecule has 0 atom stereocenters. The Labute approximate surface area is 84.8 Å². The first-order valence-electron chi connectivity index (χ1n) is 4.88. The van der Waals surface area contributed by atoms with Gasteiger partial charge in [-0.25, -0.2) is 0 Å². The van der Waals surface area contributed by atoms with E-state index in [-0.39, 0.29) is 0 Å². The molecule has 1 aromatic rings. The van der Waals surface area contributed by atoms with Gasteiger partial charge in [-0.05, 0) is 19.1 Å². The smallest absolute Gasteiger partial charge is 0.142 e. The van der Waals surface area contributed by atoms with Crippen LogP contribution in [-0.2, 0) is 0 Å². The van der Waals surface area contributed by atoms with E-state index in [0.717, 1.165) is 25.4 Å². The zero-order valence-electron chi connectivity index (χ0n) is 8.49. The lowest BCUT2D eigenvalue weighted by Crippen LogP contribution is -2.33. The predicted molar refractivity (Wildman–Crippen MR) is 59.0 cm³/mol. The maximum absolute atomic E-state index is 5.56. The number of fused-ring (bicyclic) bond motifs is 1. The van der Waals surface area contributed by atoms with Gasteiger partial charge in [-0.3, -0.25) is 0 Å². The lowest BCUT2D eigenvalue weighted by atomic mass is 10.2. The summed E-state index contributed by atoms with van der Waals surface area (Å²) < 4.78 is 5.56. The van der Waals surface area contributed by atoms with Crippen LogP contribution in [0.2, 0.25) is 0 Å². The molecule has 0 spiro atoms. The fourth-order valence-corrected chi connectivity index (χ4v) is 1.72. The summed E-state index contributed by atoms with van der Waals surface area (Å²) in [5.41, 5.74) is 2.36. The van der Waals surface area contributed by atoms with Crippen molar-refractivity contribution in [2.75, 3.05) is 24.6 Å². The molecular formula is C12H15NO. The minimum absolute atomic E-state index is 0.768. The number of ether oxygens (including phenoxy) is 1. The number of rotatable bonds is 2. The molecule has 0 fully saturated rings. The van der Waals surface area contributed by atoms with Gasteiger partial charge in [0.15, 0.2) is 0 Å². The van der Waals surface area contributed by atoms with E-state index in [1.54, 1.807) is 0 Å². The van der Waals surface area contributed by atoms with Crippen molar-refractivity contribution < 1.29 is 4.74 Å². The number of para-hydroxylation sites is 2. The van der Waals surface area contributed by atoms with Crippen molar-refractivity contribution >= 4 is 5.69 Å². The van der Waals surface area contributed by atoms with Gasteiger partial charge in [0.2, 0.25) is 0 Å². The normalized spacial score (nSPS) is 14.5. The number of anilines is 1. The third-order valence-electron chi connectivity index (χ3n) is 2.29. The molecule has 0 aromatic heterocycles. The first-order chi connectivity index (χ1) is 6.77. The van der Waals surface area contributed by atoms with Crippen molar-refractivity contribution in [1.82, 2.24) is 0 Å². The standard InChI is InChI=1S/C12H15NO/c1-10(2)9-13-7-8-14-12-6-4-3-5-11(12)13/h3-6H,1,7-9H2,2H3. The molecule has 0 radical (unpaired) electrons. The maximum atomic E-state index is 5.56. The Morgan fingerprint density at radius 2 is 2.29 bits per heavy atom. The summed E-state index contributed by atoms with van der Waals surface area (Å²) >= 11 is 0. The molecular weight excluding hydrogens is 174 g/mol. The van der Waals surface area contributed by atoms with E-state index in [1.807, 2.05) is 18.2 Å². The lowest BCUT2D eigenvalue weighted by molar-refractivity contribution is 0.309. The topological polar surface area (TPSA) is 12.5 Å². The number of hydrogen-bond donors (Lipinski definition) is 0. The third-order valence-corrected chi connectivity index (χ3v) is 2.29. The van der Waals surface area contributed by atoms with Crippen molar-refractivity contribution in [1.29, 1.82) is 0 Å². The first-order valence-corrected chi connectivity index (χ1v) is 4.88. The molecule has 0 aliphatic carbocycles. The average Bonchev–Trinajstić information content (AvgIpc) is 2.18. The van der Waals surface area contributed by atoms with Crippen molar-refractivity contribution in [2.24, 2.45) is 0 Å². The zero-order chi connectivity index (χ0) is 9.97. The molecule has 1 heterocycles. The largest absolute Gasteiger partial charge is 0.490 e. The van der Waals surface area contributed by atoms with Gasteiger partial charge in [0, 0.05) is 6.54 Å². The maximum Gasteiger partial charge on any atom is 0.142 e. The molecule has 2 heteroatoms. The van der Waals surface area contributed by atoms with Gasteiger partial charge in [0.05, 0.1) is 12.2 Å². The molecule has 14 heavy (non-hydrogen) atoms. The molecule has 1 aliphatic heterocycles. The average molecular weight is 189 g/mol. The van der Waals surface area contributed by atoms with Crippen molar-refractivity contribution in [3.63, 3.8) is 0 Å². The summed E-state index contributed by atoms with van der Waals surface area (Å²) in [7, 11) is 0. The monoisotopic (exact) mass is 189 g/mol. The second kappa shape index (κ2) is 3.74. The van der Waals surface area contributed by atoms with Gasteiger partial charge >= 0.3 is 0 Å². The molecule has 0 saturated carbocycles. The van der Waals surface area contributed by atoms with E-state index >= 15 is 0 Å². The molecule has 0 amide bonds. The molecule has 2 nitrogen and oxygen atoms in total. The summed E-state index contributed by atoms with van der Waals surface area (Å²) in [6.07, 6.45) is 0. The van der Waals surface area contributed by atoms with Crippen LogP contribution in [0.15, 0.2) is 36.4 Å². The SMILES string of the molecule is C=C(C)CN1CCOc2ccccc21. The van der Waals surface area contributed by atoms with Gasteiger partial charge in [0.1, 0.15) is 12.4 Å². The van der Waals surface area contributed by atoms with Crippen LogP contribution in [0.5, 0.6) is 5.75 Å². The molecule has 1 aliphatic rings. The van der Waals surface area contributed by atoms with E-state index < -0.39 is 0 Å². The Morgan fingerprint density at radius 3 is 3.07 bits per heavy atom. The van der Waals surface area contributed by atoms with Crippen LogP contribution >= 0.6 is 0 Å². The molecule has 1 aromatic carbocycles. The second-order valence-corrected chi connectivity index (χ2v) is 3.69. The first kappa shape index (κ1) is 9.13. The van der Waals surface area contributed by atoms with Gasteiger partial charge in [-0.15, -0.1) is 0 Å². The summed E-state index contributed by atoms with van der Waals surface area (Å²) in [6.45, 7) is 8.63. The molecule has 74 valence electrons. The molecule has 0 saturated heterocycles. The summed E-state index contributed by atoms with van der Waals surface area (Å²) in [5.74, 6) is 0.986. The van der Waals surface area contributed by atoms with Crippen LogP contribution in [0.4, 0.5) is 5.69 Å². The van der Waals surface area contributed by atoms with Gasteiger partial charge in [-0.1, -0.05) is 24.3 Å². The highest BCUT2D eigenvalue weighted by atomic mass is 16.5. The van der Waals surface area contributed by atoms with E-state index in [4.69, 9.17) is 4.74 Å². The third kappa shape index (κ3) is 1.74. The van der Waals surface area contributed by atoms with Gasteiger partial charge in [0.25, 0.3) is 0 Å². The fourth-order valence-electron chi connectivity index (χ4n) is 1.72. The van der Waals surface area contributed by atoms with Crippen LogP contribution < -0.4 is 9.64 Å². The van der Waals surface area contributed by atoms with Crippen molar-refractivity contribution in [3.8, 4) is 5.75 Å². The predicted octanol–water partition coefficient (Wildman–Crippen LogP) is 2.46. The van der Waals surface area contributed by atoms with Crippen LogP contribution in [0, 0.1) is 0 Å². The van der Waals surface area contributed by atoms with E-state index in [2.05, 4.69) is 24.5 Å². The highest BCUT2D eigenvalue weighted by molar-refractivity contribution is 5.60. The number of nitrogens with zero attached hydrogens (tertiary/aromatic N) is 1. The summed E-state index contributed by atoms with van der Waals surface area (Å²) in [6, 6.07) is 8.15. The fraction of sp³-hybridized carbons (Fsp3) is 0.333. The van der Waals surface area contributed by atoms with E-state index in [1.165, 1.54) is 11.3 Å². The van der Waals surface area contributed by atoms with Gasteiger partial charge in [-0.2, -0.15) is 0 Å². The Kier molecular flexibility index (Phi) is 2.44. The Bertz CT molecular complexity index is 346. The quantitative estimate of drug-likeness (QED) is 0.663. The number of benzene rings is 1. The van der Waals surface area contributed by atoms with E-state index in [9.17, 15) is 0 Å². The number of hydrogen-bond acceptors (Lipinski definition) is 2. The zero-order valence-corrected chi connectivity index (χ0v) is 8.49. The van der Waals surface area contributed by atoms with Crippen molar-refractivity contribution in [2.45, 2.75) is 6.92 Å². The van der Waals surface area contributed by atoms with Gasteiger partial charge < -0.3 is 9.64 Å². The molecule has 0 N–H and O–H groups in total. The minimum atomic E-state index is 0.768. The van der Waals surface area contributed by atoms with Crippen LogP contribution in [-0.4, -0.2) is 19.7 Å². The summed E-state index contributed by atoms with van der Waals surface area (Å²) in [4.78, 5) is 2.31. The lowest BCUT2D eigenvalue weighted by Gasteiger charge is -2.31. The Hall–Kier alpha value is -1.44. The summed E-state index contributed by atoms with van der Waals surface area (Å²) in [5, 5.41) is 0. The second-order valence-electron chi connectivity index (χ2n) is 3.69. The molecule has 0 unspecified atom stereocenters. The molecule has 2 rings (SSSR count). The molecule has 0 bridgehead atoms. The Morgan fingerprint density at radius 1 is 1.50 bits per heavy atom. The van der Waals surface area contributed by atoms with Crippen LogP contribution in [0.25, 0.3) is 0 Å². The van der Waals surface area contributed by atoms with Crippen molar-refractivity contribution in [3.05, 3.63) is 36.4 Å². The van der Waals surface area contributed by atoms with E-state index in [0.29, 0.717) is 0 Å².